The smallest absolute Gasteiger partial charge is 0.344 e. The number of ketones is 1. The standard InChI is InChI=1S/C21H18O4/c1-15(25-20(22)14-24-19-9-3-2-4-10-19)21(23)18-12-11-16-7-5-6-8-17(16)13-18/h2-13,15H,14H2,1H3/t15-/m0/s1. The highest BCUT2D eigenvalue weighted by atomic mass is 16.6. The molecule has 0 aliphatic carbocycles. The van der Waals surface area contributed by atoms with Crippen molar-refractivity contribution >= 4 is 22.5 Å². The van der Waals surface area contributed by atoms with E-state index in [0.29, 0.717) is 11.3 Å². The number of esters is 1. The highest BCUT2D eigenvalue weighted by molar-refractivity contribution is 6.03. The molecule has 0 aromatic heterocycles. The molecule has 3 rings (SSSR count). The molecule has 0 amide bonds. The summed E-state index contributed by atoms with van der Waals surface area (Å²) in [4.78, 5) is 24.4. The number of carbonyl (C=O) groups excluding carboxylic acids is 2. The van der Waals surface area contributed by atoms with E-state index in [1.54, 1.807) is 25.1 Å². The first-order valence-electron chi connectivity index (χ1n) is 8.04. The lowest BCUT2D eigenvalue weighted by molar-refractivity contribution is -0.148. The van der Waals surface area contributed by atoms with E-state index in [9.17, 15) is 9.59 Å². The summed E-state index contributed by atoms with van der Waals surface area (Å²) >= 11 is 0. The second kappa shape index (κ2) is 7.62. The van der Waals surface area contributed by atoms with Crippen LogP contribution in [-0.2, 0) is 9.53 Å². The minimum atomic E-state index is -0.868. The number of para-hydroxylation sites is 1. The van der Waals surface area contributed by atoms with E-state index in [0.717, 1.165) is 10.8 Å². The third kappa shape index (κ3) is 4.23. The SMILES string of the molecule is C[C@H](OC(=O)COc1ccccc1)C(=O)c1ccc2ccccc2c1. The molecule has 0 spiro atoms. The highest BCUT2D eigenvalue weighted by Gasteiger charge is 2.20. The van der Waals surface area contributed by atoms with Crippen molar-refractivity contribution < 1.29 is 19.1 Å². The highest BCUT2D eigenvalue weighted by Crippen LogP contribution is 2.17. The fourth-order valence-corrected chi connectivity index (χ4v) is 2.52. The molecule has 1 atom stereocenters. The summed E-state index contributed by atoms with van der Waals surface area (Å²) in [5.41, 5.74) is 0.517. The normalized spacial score (nSPS) is 11.7. The minimum absolute atomic E-state index is 0.237. The molecule has 0 aliphatic heterocycles. The van der Waals surface area contributed by atoms with Crippen LogP contribution in [0.25, 0.3) is 10.8 Å². The first-order chi connectivity index (χ1) is 12.1. The average Bonchev–Trinajstić information content (AvgIpc) is 2.66. The van der Waals surface area contributed by atoms with Crippen LogP contribution in [0, 0.1) is 0 Å². The lowest BCUT2D eigenvalue weighted by atomic mass is 10.0. The van der Waals surface area contributed by atoms with E-state index in [2.05, 4.69) is 0 Å². The topological polar surface area (TPSA) is 52.6 Å². The summed E-state index contributed by atoms with van der Waals surface area (Å²) in [6, 6.07) is 22.2. The number of benzene rings is 3. The van der Waals surface area contributed by atoms with Gasteiger partial charge >= 0.3 is 5.97 Å². The van der Waals surface area contributed by atoms with Crippen molar-refractivity contribution in [2.75, 3.05) is 6.61 Å². The van der Waals surface area contributed by atoms with Gasteiger partial charge in [0, 0.05) is 5.56 Å². The molecule has 3 aromatic rings. The fraction of sp³-hybridized carbons (Fsp3) is 0.143. The minimum Gasteiger partial charge on any atom is -0.482 e. The molecule has 0 saturated carbocycles. The second-order valence-electron chi connectivity index (χ2n) is 5.66. The Balaban J connectivity index is 1.60. The summed E-state index contributed by atoms with van der Waals surface area (Å²) in [5.74, 6) is -0.239. The third-order valence-electron chi connectivity index (χ3n) is 3.81. The zero-order valence-electron chi connectivity index (χ0n) is 13.8. The van der Waals surface area contributed by atoms with Crippen molar-refractivity contribution in [2.24, 2.45) is 0 Å². The van der Waals surface area contributed by atoms with Gasteiger partial charge in [-0.1, -0.05) is 54.6 Å². The van der Waals surface area contributed by atoms with E-state index in [1.807, 2.05) is 54.6 Å². The van der Waals surface area contributed by atoms with Gasteiger partial charge < -0.3 is 9.47 Å². The van der Waals surface area contributed by atoms with Gasteiger partial charge in [0.2, 0.25) is 5.78 Å². The number of ether oxygens (including phenoxy) is 2. The Hall–Kier alpha value is -3.14. The molecule has 3 aromatic carbocycles. The van der Waals surface area contributed by atoms with Crippen LogP contribution >= 0.6 is 0 Å². The second-order valence-corrected chi connectivity index (χ2v) is 5.66. The molecule has 0 saturated heterocycles. The maximum atomic E-state index is 12.5. The molecule has 4 heteroatoms. The molecule has 126 valence electrons. The van der Waals surface area contributed by atoms with Crippen molar-refractivity contribution in [2.45, 2.75) is 13.0 Å². The molecular weight excluding hydrogens is 316 g/mol. The first kappa shape index (κ1) is 16.7. The van der Waals surface area contributed by atoms with Gasteiger partial charge in [-0.05, 0) is 35.9 Å². The van der Waals surface area contributed by atoms with Gasteiger partial charge in [0.15, 0.2) is 12.7 Å². The Morgan fingerprint density at radius 3 is 2.32 bits per heavy atom. The number of fused-ring (bicyclic) bond motifs is 1. The van der Waals surface area contributed by atoms with E-state index in [-0.39, 0.29) is 12.4 Å². The third-order valence-corrected chi connectivity index (χ3v) is 3.81. The molecule has 0 bridgehead atoms. The average molecular weight is 334 g/mol. The van der Waals surface area contributed by atoms with Gasteiger partial charge in [-0.25, -0.2) is 4.79 Å². The van der Waals surface area contributed by atoms with E-state index >= 15 is 0 Å². The van der Waals surface area contributed by atoms with Gasteiger partial charge in [-0.15, -0.1) is 0 Å². The molecule has 0 unspecified atom stereocenters. The van der Waals surface area contributed by atoms with Gasteiger partial charge in [-0.3, -0.25) is 4.79 Å². The van der Waals surface area contributed by atoms with Crippen LogP contribution in [-0.4, -0.2) is 24.5 Å². The van der Waals surface area contributed by atoms with E-state index in [4.69, 9.17) is 9.47 Å². The summed E-state index contributed by atoms with van der Waals surface area (Å²) in [6.07, 6.45) is -0.868. The zero-order valence-corrected chi connectivity index (χ0v) is 13.8. The van der Waals surface area contributed by atoms with Crippen molar-refractivity contribution in [3.63, 3.8) is 0 Å². The van der Waals surface area contributed by atoms with Gasteiger partial charge in [-0.2, -0.15) is 0 Å². The van der Waals surface area contributed by atoms with Crippen LogP contribution in [0.1, 0.15) is 17.3 Å². The Morgan fingerprint density at radius 2 is 1.56 bits per heavy atom. The number of hydrogen-bond acceptors (Lipinski definition) is 4. The van der Waals surface area contributed by atoms with Crippen molar-refractivity contribution in [3.05, 3.63) is 78.4 Å². The quantitative estimate of drug-likeness (QED) is 0.504. The molecule has 0 N–H and O–H groups in total. The summed E-state index contributed by atoms with van der Waals surface area (Å²) in [6.45, 7) is 1.33. The van der Waals surface area contributed by atoms with Gasteiger partial charge in [0.1, 0.15) is 5.75 Å². The van der Waals surface area contributed by atoms with Crippen LogP contribution in [0.15, 0.2) is 72.8 Å². The molecule has 25 heavy (non-hydrogen) atoms. The Kier molecular flexibility index (Phi) is 5.09. The van der Waals surface area contributed by atoms with Crippen LogP contribution < -0.4 is 4.74 Å². The number of hydrogen-bond donors (Lipinski definition) is 0. The Labute approximate surface area is 146 Å². The maximum absolute atomic E-state index is 12.5. The lowest BCUT2D eigenvalue weighted by Gasteiger charge is -2.13. The Bertz CT molecular complexity index is 887. The molecule has 0 heterocycles. The maximum Gasteiger partial charge on any atom is 0.344 e. The lowest BCUT2D eigenvalue weighted by Crippen LogP contribution is -2.27. The molecule has 0 aliphatic rings. The number of carbonyl (C=O) groups is 2. The molecule has 0 radical (unpaired) electrons. The largest absolute Gasteiger partial charge is 0.482 e. The molecule has 0 fully saturated rings. The predicted octanol–water partition coefficient (Wildman–Crippen LogP) is 4.03. The summed E-state index contributed by atoms with van der Waals surface area (Å²) in [5, 5.41) is 2.03. The summed E-state index contributed by atoms with van der Waals surface area (Å²) < 4.78 is 10.5. The van der Waals surface area contributed by atoms with Crippen LogP contribution in [0.3, 0.4) is 0 Å². The van der Waals surface area contributed by atoms with E-state index < -0.39 is 12.1 Å². The van der Waals surface area contributed by atoms with Crippen LogP contribution in [0.5, 0.6) is 5.75 Å². The van der Waals surface area contributed by atoms with Crippen molar-refractivity contribution in [1.29, 1.82) is 0 Å². The molecular formula is C21H18O4. The summed E-state index contributed by atoms with van der Waals surface area (Å²) in [7, 11) is 0. The molecule has 4 nitrogen and oxygen atoms in total. The number of Topliss-reactive ketones (excluding diaryl/α,β-unsaturated/α-hetero) is 1. The van der Waals surface area contributed by atoms with Gasteiger partial charge in [0.05, 0.1) is 0 Å². The van der Waals surface area contributed by atoms with Gasteiger partial charge in [0.25, 0.3) is 0 Å². The first-order valence-corrected chi connectivity index (χ1v) is 8.04. The predicted molar refractivity (Wildman–Crippen MR) is 95.8 cm³/mol. The van der Waals surface area contributed by atoms with Crippen molar-refractivity contribution in [3.8, 4) is 5.75 Å². The van der Waals surface area contributed by atoms with E-state index in [1.165, 1.54) is 0 Å². The zero-order chi connectivity index (χ0) is 17.6. The fourth-order valence-electron chi connectivity index (χ4n) is 2.52. The number of rotatable bonds is 6. The van der Waals surface area contributed by atoms with Crippen molar-refractivity contribution in [1.82, 2.24) is 0 Å². The Morgan fingerprint density at radius 1 is 0.880 bits per heavy atom. The monoisotopic (exact) mass is 334 g/mol. The van der Waals surface area contributed by atoms with Crippen LogP contribution in [0.4, 0.5) is 0 Å². The van der Waals surface area contributed by atoms with Crippen LogP contribution in [0.2, 0.25) is 0 Å².